The Morgan fingerprint density at radius 3 is 2.52 bits per heavy atom. The number of carbonyl (C=O) groups is 1. The van der Waals surface area contributed by atoms with Crippen molar-refractivity contribution >= 4 is 5.97 Å². The average Bonchev–Trinajstić information content (AvgIpc) is 2.52. The van der Waals surface area contributed by atoms with Crippen LogP contribution in [0.4, 0.5) is 0 Å². The van der Waals surface area contributed by atoms with Gasteiger partial charge in [0.15, 0.2) is 5.82 Å². The predicted octanol–water partition coefficient (Wildman–Crippen LogP) is 2.30. The lowest BCUT2D eigenvalue weighted by Gasteiger charge is -2.04. The summed E-state index contributed by atoms with van der Waals surface area (Å²) < 4.78 is 5.39. The van der Waals surface area contributed by atoms with Crippen molar-refractivity contribution in [3.05, 3.63) is 54.4 Å². The van der Waals surface area contributed by atoms with E-state index < -0.39 is 5.97 Å². The Kier molecular flexibility index (Phi) is 4.62. The molecule has 0 saturated carbocycles. The van der Waals surface area contributed by atoms with Gasteiger partial charge in [-0.3, -0.25) is 0 Å². The first-order chi connectivity index (χ1) is 10.2. The number of carboxylic acid groups (broad SMARTS) is 1. The van der Waals surface area contributed by atoms with E-state index in [2.05, 4.69) is 9.97 Å². The molecule has 0 aliphatic heterocycles. The van der Waals surface area contributed by atoms with Crippen LogP contribution in [-0.2, 0) is 0 Å². The molecule has 2 rings (SSSR count). The van der Waals surface area contributed by atoms with Gasteiger partial charge in [0.2, 0.25) is 0 Å². The molecular formula is C15H11N3O3. The first-order valence-electron chi connectivity index (χ1n) is 6.04. The van der Waals surface area contributed by atoms with Crippen LogP contribution in [0.1, 0.15) is 10.4 Å². The summed E-state index contributed by atoms with van der Waals surface area (Å²) in [6.07, 6.45) is 5.50. The molecule has 0 unspecified atom stereocenters. The SMILES string of the molecule is N#CC=CCOc1ccc(-c2ncc(C(=O)O)cn2)cc1. The van der Waals surface area contributed by atoms with Crippen molar-refractivity contribution < 1.29 is 14.6 Å². The Morgan fingerprint density at radius 2 is 1.95 bits per heavy atom. The number of ether oxygens (including phenoxy) is 1. The number of nitrogens with zero attached hydrogens (tertiary/aromatic N) is 3. The fourth-order valence-electron chi connectivity index (χ4n) is 1.53. The highest BCUT2D eigenvalue weighted by Crippen LogP contribution is 2.19. The van der Waals surface area contributed by atoms with Gasteiger partial charge in [0.25, 0.3) is 0 Å². The number of benzene rings is 1. The van der Waals surface area contributed by atoms with E-state index in [9.17, 15) is 4.79 Å². The second-order valence-electron chi connectivity index (χ2n) is 3.97. The molecular weight excluding hydrogens is 270 g/mol. The topological polar surface area (TPSA) is 96.1 Å². The molecule has 0 spiro atoms. The van der Waals surface area contributed by atoms with E-state index in [1.165, 1.54) is 18.5 Å². The normalized spacial score (nSPS) is 10.2. The standard InChI is InChI=1S/C15H11N3O3/c16-7-1-2-8-21-13-5-3-11(4-6-13)14-17-9-12(10-18-14)15(19)20/h1-6,9-10H,8H2,(H,19,20). The molecule has 0 fully saturated rings. The Morgan fingerprint density at radius 1 is 1.29 bits per heavy atom. The van der Waals surface area contributed by atoms with E-state index in [4.69, 9.17) is 15.1 Å². The minimum atomic E-state index is -1.06. The second-order valence-corrected chi connectivity index (χ2v) is 3.97. The maximum absolute atomic E-state index is 10.7. The van der Waals surface area contributed by atoms with Gasteiger partial charge in [-0.25, -0.2) is 14.8 Å². The van der Waals surface area contributed by atoms with Crippen molar-refractivity contribution in [1.29, 1.82) is 5.26 Å². The van der Waals surface area contributed by atoms with Crippen LogP contribution in [0.25, 0.3) is 11.4 Å². The van der Waals surface area contributed by atoms with Gasteiger partial charge in [0.1, 0.15) is 12.4 Å². The highest BCUT2D eigenvalue weighted by atomic mass is 16.5. The van der Waals surface area contributed by atoms with E-state index >= 15 is 0 Å². The zero-order valence-electron chi connectivity index (χ0n) is 10.9. The molecule has 104 valence electrons. The summed E-state index contributed by atoms with van der Waals surface area (Å²) in [5.74, 6) is 0.0372. The number of aromatic carboxylic acids is 1. The first-order valence-corrected chi connectivity index (χ1v) is 6.04. The summed E-state index contributed by atoms with van der Waals surface area (Å²) in [4.78, 5) is 18.7. The molecule has 0 atom stereocenters. The number of carboxylic acids is 1. The third-order valence-electron chi connectivity index (χ3n) is 2.55. The molecule has 0 bridgehead atoms. The number of hydrogen-bond donors (Lipinski definition) is 1. The smallest absolute Gasteiger partial charge is 0.338 e. The third kappa shape index (κ3) is 3.88. The molecule has 21 heavy (non-hydrogen) atoms. The minimum absolute atomic E-state index is 0.0444. The van der Waals surface area contributed by atoms with E-state index in [0.717, 1.165) is 5.56 Å². The van der Waals surface area contributed by atoms with E-state index in [1.54, 1.807) is 30.3 Å². The van der Waals surface area contributed by atoms with Crippen molar-refractivity contribution in [2.24, 2.45) is 0 Å². The van der Waals surface area contributed by atoms with Gasteiger partial charge in [0.05, 0.1) is 11.6 Å². The van der Waals surface area contributed by atoms with Crippen molar-refractivity contribution in [1.82, 2.24) is 9.97 Å². The van der Waals surface area contributed by atoms with Crippen molar-refractivity contribution in [2.75, 3.05) is 6.61 Å². The zero-order chi connectivity index (χ0) is 15.1. The molecule has 0 saturated heterocycles. The van der Waals surface area contributed by atoms with Crippen LogP contribution < -0.4 is 4.74 Å². The predicted molar refractivity (Wildman–Crippen MR) is 74.7 cm³/mol. The molecule has 0 radical (unpaired) electrons. The number of allylic oxidation sites excluding steroid dienone is 1. The van der Waals surface area contributed by atoms with Gasteiger partial charge < -0.3 is 9.84 Å². The highest BCUT2D eigenvalue weighted by molar-refractivity contribution is 5.86. The fraction of sp³-hybridized carbons (Fsp3) is 0.0667. The molecule has 6 heteroatoms. The summed E-state index contributed by atoms with van der Waals surface area (Å²) in [6, 6.07) is 8.94. The second kappa shape index (κ2) is 6.82. The van der Waals surface area contributed by atoms with Gasteiger partial charge in [-0.1, -0.05) is 0 Å². The van der Waals surface area contributed by atoms with Crippen LogP contribution in [0.2, 0.25) is 0 Å². The largest absolute Gasteiger partial charge is 0.490 e. The van der Waals surface area contributed by atoms with Crippen molar-refractivity contribution in [3.63, 3.8) is 0 Å². The van der Waals surface area contributed by atoms with Crippen LogP contribution >= 0.6 is 0 Å². The molecule has 1 heterocycles. The van der Waals surface area contributed by atoms with Crippen LogP contribution in [0, 0.1) is 11.3 Å². The summed E-state index contributed by atoms with van der Waals surface area (Å²) in [5, 5.41) is 17.1. The van der Waals surface area contributed by atoms with Crippen LogP contribution in [0.5, 0.6) is 5.75 Å². The Labute approximate surface area is 121 Å². The maximum Gasteiger partial charge on any atom is 0.338 e. The molecule has 0 aliphatic rings. The lowest BCUT2D eigenvalue weighted by Crippen LogP contribution is -1.99. The van der Waals surface area contributed by atoms with Crippen molar-refractivity contribution in [3.8, 4) is 23.2 Å². The summed E-state index contributed by atoms with van der Waals surface area (Å²) >= 11 is 0. The van der Waals surface area contributed by atoms with Crippen LogP contribution in [0.3, 0.4) is 0 Å². The molecule has 1 aromatic heterocycles. The molecule has 1 N–H and O–H groups in total. The third-order valence-corrected chi connectivity index (χ3v) is 2.55. The molecule has 1 aromatic carbocycles. The van der Waals surface area contributed by atoms with Crippen LogP contribution in [0.15, 0.2) is 48.8 Å². The maximum atomic E-state index is 10.7. The zero-order valence-corrected chi connectivity index (χ0v) is 10.9. The lowest BCUT2D eigenvalue weighted by molar-refractivity contribution is 0.0696. The number of aromatic nitrogens is 2. The van der Waals surface area contributed by atoms with Gasteiger partial charge in [-0.15, -0.1) is 0 Å². The average molecular weight is 281 g/mol. The monoisotopic (exact) mass is 281 g/mol. The Balaban J connectivity index is 2.06. The van der Waals surface area contributed by atoms with E-state index in [1.807, 2.05) is 6.07 Å². The minimum Gasteiger partial charge on any atom is -0.490 e. The molecule has 6 nitrogen and oxygen atoms in total. The summed E-state index contributed by atoms with van der Waals surface area (Å²) in [6.45, 7) is 0.316. The quantitative estimate of drug-likeness (QED) is 0.845. The molecule has 0 amide bonds. The van der Waals surface area contributed by atoms with E-state index in [-0.39, 0.29) is 5.56 Å². The van der Waals surface area contributed by atoms with Gasteiger partial charge in [-0.2, -0.15) is 5.26 Å². The molecule has 2 aromatic rings. The fourth-order valence-corrected chi connectivity index (χ4v) is 1.53. The lowest BCUT2D eigenvalue weighted by atomic mass is 10.2. The Hall–Kier alpha value is -3.20. The number of rotatable bonds is 5. The highest BCUT2D eigenvalue weighted by Gasteiger charge is 2.06. The number of hydrogen-bond acceptors (Lipinski definition) is 5. The van der Waals surface area contributed by atoms with Crippen LogP contribution in [-0.4, -0.2) is 27.7 Å². The van der Waals surface area contributed by atoms with Gasteiger partial charge in [0, 0.05) is 24.0 Å². The van der Waals surface area contributed by atoms with Gasteiger partial charge in [-0.05, 0) is 30.3 Å². The Bertz CT molecular complexity index is 686. The van der Waals surface area contributed by atoms with Crippen molar-refractivity contribution in [2.45, 2.75) is 0 Å². The summed E-state index contributed by atoms with van der Waals surface area (Å²) in [7, 11) is 0. The van der Waals surface area contributed by atoms with Gasteiger partial charge >= 0.3 is 5.97 Å². The van der Waals surface area contributed by atoms with E-state index in [0.29, 0.717) is 18.2 Å². The first kappa shape index (κ1) is 14.2. The number of nitriles is 1. The summed E-state index contributed by atoms with van der Waals surface area (Å²) in [5.41, 5.74) is 0.801. The molecule has 0 aliphatic carbocycles.